The number of esters is 1. The molecule has 0 aliphatic carbocycles. The molecule has 0 radical (unpaired) electrons. The molecule has 1 aromatic carbocycles. The number of aromatic nitrogens is 2. The number of ether oxygens (including phenoxy) is 1. The van der Waals surface area contributed by atoms with Gasteiger partial charge in [0.2, 0.25) is 0 Å². The average Bonchev–Trinajstić information content (AvgIpc) is 3.06. The molecule has 0 amide bonds. The lowest BCUT2D eigenvalue weighted by molar-refractivity contribution is -0.137. The molecule has 0 fully saturated rings. The Morgan fingerprint density at radius 1 is 1.30 bits per heavy atom. The highest BCUT2D eigenvalue weighted by Gasteiger charge is 2.30. The number of hydrogen-bond acceptors (Lipinski definition) is 4. The van der Waals surface area contributed by atoms with E-state index in [-0.39, 0.29) is 0 Å². The molecule has 2 aromatic rings. The van der Waals surface area contributed by atoms with Crippen molar-refractivity contribution in [1.82, 2.24) is 9.78 Å². The number of carbonyl (C=O) groups is 1. The van der Waals surface area contributed by atoms with Crippen LogP contribution in [0.15, 0.2) is 24.3 Å². The predicted molar refractivity (Wildman–Crippen MR) is 76.6 cm³/mol. The first kappa shape index (κ1) is 15.4. The number of nitrogens with zero attached hydrogens (tertiary/aromatic N) is 2. The summed E-state index contributed by atoms with van der Waals surface area (Å²) in [5, 5.41) is 7.20. The number of rotatable bonds is 3. The minimum atomic E-state index is -4.38. The quantitative estimate of drug-likeness (QED) is 0.879. The van der Waals surface area contributed by atoms with Gasteiger partial charge in [-0.15, -0.1) is 0 Å². The fourth-order valence-corrected chi connectivity index (χ4v) is 2.62. The van der Waals surface area contributed by atoms with E-state index < -0.39 is 17.7 Å². The van der Waals surface area contributed by atoms with Crippen molar-refractivity contribution in [3.63, 3.8) is 0 Å². The minimum absolute atomic E-state index is 0.298. The van der Waals surface area contributed by atoms with Gasteiger partial charge in [-0.2, -0.15) is 18.3 Å². The van der Waals surface area contributed by atoms with Crippen molar-refractivity contribution in [2.24, 2.45) is 0 Å². The fourth-order valence-electron chi connectivity index (χ4n) is 2.62. The molecule has 3 rings (SSSR count). The van der Waals surface area contributed by atoms with E-state index in [1.54, 1.807) is 4.68 Å². The molecule has 1 N–H and O–H groups in total. The zero-order valence-corrected chi connectivity index (χ0v) is 12.3. The molecule has 8 heteroatoms. The Hall–Kier alpha value is -2.51. The van der Waals surface area contributed by atoms with Crippen LogP contribution in [0.4, 0.5) is 24.7 Å². The van der Waals surface area contributed by atoms with Crippen molar-refractivity contribution in [1.29, 1.82) is 0 Å². The van der Waals surface area contributed by atoms with E-state index in [0.717, 1.165) is 24.2 Å². The van der Waals surface area contributed by atoms with E-state index in [4.69, 9.17) is 4.74 Å². The maximum atomic E-state index is 12.6. The van der Waals surface area contributed by atoms with Gasteiger partial charge in [0.1, 0.15) is 5.56 Å². The standard InChI is InChI=1S/C15H14F3N3O2/c1-23-14(22)12-11-3-2-8-21(11)20-13(12)19-10-6-4-9(5-7-10)15(16,17)18/h4-7H,2-3,8H2,1H3,(H,19,20). The van der Waals surface area contributed by atoms with E-state index in [1.807, 2.05) is 0 Å². The van der Waals surface area contributed by atoms with Gasteiger partial charge in [0, 0.05) is 12.2 Å². The van der Waals surface area contributed by atoms with Crippen molar-refractivity contribution >= 4 is 17.5 Å². The van der Waals surface area contributed by atoms with Crippen molar-refractivity contribution < 1.29 is 22.7 Å². The summed E-state index contributed by atoms with van der Waals surface area (Å²) >= 11 is 0. The van der Waals surface area contributed by atoms with Crippen LogP contribution in [-0.4, -0.2) is 22.9 Å². The SMILES string of the molecule is COC(=O)c1c(Nc2ccc(C(F)(F)F)cc2)nn2c1CCC2. The molecule has 0 unspecified atom stereocenters. The van der Waals surface area contributed by atoms with Gasteiger partial charge < -0.3 is 10.1 Å². The van der Waals surface area contributed by atoms with Gasteiger partial charge in [-0.3, -0.25) is 4.68 Å². The van der Waals surface area contributed by atoms with Gasteiger partial charge in [-0.05, 0) is 37.1 Å². The van der Waals surface area contributed by atoms with Crippen LogP contribution in [0.25, 0.3) is 0 Å². The molecule has 0 spiro atoms. The Morgan fingerprint density at radius 2 is 2.00 bits per heavy atom. The fraction of sp³-hybridized carbons (Fsp3) is 0.333. The number of anilines is 2. The molecule has 1 aliphatic rings. The lowest BCUT2D eigenvalue weighted by Gasteiger charge is -2.09. The Balaban J connectivity index is 1.90. The minimum Gasteiger partial charge on any atom is -0.465 e. The molecule has 1 aliphatic heterocycles. The third-order valence-electron chi connectivity index (χ3n) is 3.71. The first-order valence-electron chi connectivity index (χ1n) is 7.02. The zero-order chi connectivity index (χ0) is 16.6. The molecular formula is C15H14F3N3O2. The molecule has 0 atom stereocenters. The van der Waals surface area contributed by atoms with Crippen LogP contribution >= 0.6 is 0 Å². The molecule has 0 saturated carbocycles. The van der Waals surface area contributed by atoms with E-state index in [1.165, 1.54) is 19.2 Å². The maximum Gasteiger partial charge on any atom is 0.416 e. The smallest absolute Gasteiger partial charge is 0.416 e. The van der Waals surface area contributed by atoms with Crippen molar-refractivity contribution in [2.75, 3.05) is 12.4 Å². The van der Waals surface area contributed by atoms with E-state index in [9.17, 15) is 18.0 Å². The van der Waals surface area contributed by atoms with Crippen LogP contribution in [0.3, 0.4) is 0 Å². The highest BCUT2D eigenvalue weighted by atomic mass is 19.4. The Morgan fingerprint density at radius 3 is 2.61 bits per heavy atom. The van der Waals surface area contributed by atoms with E-state index in [2.05, 4.69) is 10.4 Å². The van der Waals surface area contributed by atoms with Gasteiger partial charge in [-0.25, -0.2) is 4.79 Å². The summed E-state index contributed by atoms with van der Waals surface area (Å²) in [4.78, 5) is 12.0. The van der Waals surface area contributed by atoms with Crippen LogP contribution in [-0.2, 0) is 23.9 Å². The highest BCUT2D eigenvalue weighted by Crippen LogP contribution is 2.32. The third kappa shape index (κ3) is 2.88. The second kappa shape index (κ2) is 5.60. The van der Waals surface area contributed by atoms with Crippen LogP contribution in [0.2, 0.25) is 0 Å². The van der Waals surface area contributed by atoms with Gasteiger partial charge in [0.15, 0.2) is 5.82 Å². The van der Waals surface area contributed by atoms with E-state index in [0.29, 0.717) is 30.0 Å². The molecule has 23 heavy (non-hydrogen) atoms. The van der Waals surface area contributed by atoms with Crippen LogP contribution < -0.4 is 5.32 Å². The molecule has 122 valence electrons. The van der Waals surface area contributed by atoms with Crippen LogP contribution in [0.1, 0.15) is 28.0 Å². The van der Waals surface area contributed by atoms with E-state index >= 15 is 0 Å². The molecule has 0 saturated heterocycles. The van der Waals surface area contributed by atoms with Gasteiger partial charge >= 0.3 is 12.1 Å². The zero-order valence-electron chi connectivity index (χ0n) is 12.3. The van der Waals surface area contributed by atoms with Crippen LogP contribution in [0.5, 0.6) is 0 Å². The first-order valence-corrected chi connectivity index (χ1v) is 7.02. The number of carbonyl (C=O) groups excluding carboxylic acids is 1. The number of hydrogen-bond donors (Lipinski definition) is 1. The molecule has 0 bridgehead atoms. The predicted octanol–water partition coefficient (Wildman–Crippen LogP) is 3.38. The summed E-state index contributed by atoms with van der Waals surface area (Å²) in [5.74, 6) is -0.214. The summed E-state index contributed by atoms with van der Waals surface area (Å²) in [6.45, 7) is 0.702. The molecule has 1 aromatic heterocycles. The first-order chi connectivity index (χ1) is 10.9. The maximum absolute atomic E-state index is 12.6. The monoisotopic (exact) mass is 325 g/mol. The third-order valence-corrected chi connectivity index (χ3v) is 3.71. The van der Waals surface area contributed by atoms with Crippen molar-refractivity contribution in [3.8, 4) is 0 Å². The number of methoxy groups -OCH3 is 1. The Kier molecular flexibility index (Phi) is 3.75. The summed E-state index contributed by atoms with van der Waals surface area (Å²) in [6.07, 6.45) is -2.77. The molecule has 2 heterocycles. The van der Waals surface area contributed by atoms with Gasteiger partial charge in [0.05, 0.1) is 18.4 Å². The largest absolute Gasteiger partial charge is 0.465 e. The summed E-state index contributed by atoms with van der Waals surface area (Å²) < 4.78 is 44.2. The lowest BCUT2D eigenvalue weighted by Crippen LogP contribution is -2.07. The number of alkyl halides is 3. The second-order valence-corrected chi connectivity index (χ2v) is 5.19. The normalized spacial score (nSPS) is 13.7. The number of benzene rings is 1. The Labute approximate surface area is 130 Å². The number of nitrogens with one attached hydrogen (secondary N) is 1. The number of aryl methyl sites for hydroxylation is 1. The Bertz CT molecular complexity index is 736. The summed E-state index contributed by atoms with van der Waals surface area (Å²) in [5.41, 5.74) is 0.805. The lowest BCUT2D eigenvalue weighted by atomic mass is 10.1. The van der Waals surface area contributed by atoms with Gasteiger partial charge in [-0.1, -0.05) is 0 Å². The summed E-state index contributed by atoms with van der Waals surface area (Å²) in [6, 6.07) is 4.55. The second-order valence-electron chi connectivity index (χ2n) is 5.19. The number of fused-ring (bicyclic) bond motifs is 1. The topological polar surface area (TPSA) is 56.1 Å². The van der Waals surface area contributed by atoms with Gasteiger partial charge in [0.25, 0.3) is 0 Å². The summed E-state index contributed by atoms with van der Waals surface area (Å²) in [7, 11) is 1.28. The highest BCUT2D eigenvalue weighted by molar-refractivity contribution is 5.97. The number of halogens is 3. The van der Waals surface area contributed by atoms with Crippen molar-refractivity contribution in [2.45, 2.75) is 25.6 Å². The van der Waals surface area contributed by atoms with Crippen LogP contribution in [0, 0.1) is 0 Å². The molecule has 5 nitrogen and oxygen atoms in total. The average molecular weight is 325 g/mol. The van der Waals surface area contributed by atoms with Crippen molar-refractivity contribution in [3.05, 3.63) is 41.1 Å². The molecular weight excluding hydrogens is 311 g/mol.